The van der Waals surface area contributed by atoms with Crippen molar-refractivity contribution in [3.63, 3.8) is 0 Å². The Morgan fingerprint density at radius 2 is 1.75 bits per heavy atom. The summed E-state index contributed by atoms with van der Waals surface area (Å²) >= 11 is 0. The molecule has 0 spiro atoms. The Bertz CT molecular complexity index is 512. The summed E-state index contributed by atoms with van der Waals surface area (Å²) in [6, 6.07) is 9.45. The highest BCUT2D eigenvalue weighted by molar-refractivity contribution is 5.98. The van der Waals surface area contributed by atoms with Crippen molar-refractivity contribution in [3.8, 4) is 0 Å². The third-order valence-electron chi connectivity index (χ3n) is 4.20. The first-order valence-electron chi connectivity index (χ1n) is 7.04. The average Bonchev–Trinajstić information content (AvgIpc) is 2.43. The molecule has 1 aromatic rings. The second kappa shape index (κ2) is 5.27. The zero-order chi connectivity index (χ0) is 14.9. The number of amides is 2. The summed E-state index contributed by atoms with van der Waals surface area (Å²) in [6.45, 7) is 8.03. The minimum Gasteiger partial charge on any atom is -0.337 e. The van der Waals surface area contributed by atoms with E-state index >= 15 is 0 Å². The van der Waals surface area contributed by atoms with E-state index in [1.165, 1.54) is 0 Å². The van der Waals surface area contributed by atoms with Gasteiger partial charge in [-0.2, -0.15) is 0 Å². The highest BCUT2D eigenvalue weighted by Gasteiger charge is 2.45. The van der Waals surface area contributed by atoms with Crippen molar-refractivity contribution in [2.24, 2.45) is 5.92 Å². The Morgan fingerprint density at radius 3 is 2.30 bits per heavy atom. The Hall–Kier alpha value is -1.84. The molecule has 4 nitrogen and oxygen atoms in total. The van der Waals surface area contributed by atoms with Crippen molar-refractivity contribution in [2.75, 3.05) is 6.54 Å². The zero-order valence-corrected chi connectivity index (χ0v) is 12.5. The summed E-state index contributed by atoms with van der Waals surface area (Å²) < 4.78 is 0. The van der Waals surface area contributed by atoms with E-state index in [4.69, 9.17) is 0 Å². The highest BCUT2D eigenvalue weighted by atomic mass is 16.2. The van der Waals surface area contributed by atoms with E-state index in [0.29, 0.717) is 5.92 Å². The third kappa shape index (κ3) is 2.42. The number of benzene rings is 1. The first kappa shape index (κ1) is 14.6. The molecule has 0 aromatic heterocycles. The Balaban J connectivity index is 2.39. The van der Waals surface area contributed by atoms with Crippen molar-refractivity contribution in [1.29, 1.82) is 0 Å². The summed E-state index contributed by atoms with van der Waals surface area (Å²) in [5.41, 5.74) is -0.154. The summed E-state index contributed by atoms with van der Waals surface area (Å²) in [6.07, 6.45) is 0. The van der Waals surface area contributed by atoms with E-state index in [0.717, 1.165) is 5.56 Å². The number of nitrogens with one attached hydrogen (secondary N) is 1. The molecule has 1 saturated heterocycles. The molecule has 20 heavy (non-hydrogen) atoms. The van der Waals surface area contributed by atoms with Gasteiger partial charge in [0.2, 0.25) is 5.91 Å². The van der Waals surface area contributed by atoms with Gasteiger partial charge in [0.05, 0.1) is 6.54 Å². The number of piperazine rings is 1. The second-order valence-corrected chi connectivity index (χ2v) is 5.96. The maximum Gasteiger partial charge on any atom is 0.253 e. The molecular weight excluding hydrogens is 252 g/mol. The molecule has 0 radical (unpaired) electrons. The van der Waals surface area contributed by atoms with Gasteiger partial charge in [0.15, 0.2) is 0 Å². The van der Waals surface area contributed by atoms with Crippen molar-refractivity contribution in [3.05, 3.63) is 35.9 Å². The van der Waals surface area contributed by atoms with Gasteiger partial charge in [0, 0.05) is 6.04 Å². The molecular formula is C16H22N2O2. The number of hydrogen-bond acceptors (Lipinski definition) is 2. The lowest BCUT2D eigenvalue weighted by Crippen LogP contribution is -2.65. The van der Waals surface area contributed by atoms with Crippen LogP contribution in [0.5, 0.6) is 0 Å². The lowest BCUT2D eigenvalue weighted by Gasteiger charge is -2.43. The van der Waals surface area contributed by atoms with E-state index in [9.17, 15) is 9.59 Å². The minimum atomic E-state index is -0.972. The molecule has 0 saturated carbocycles. The molecule has 1 fully saturated rings. The van der Waals surface area contributed by atoms with E-state index in [2.05, 4.69) is 19.2 Å². The zero-order valence-electron chi connectivity index (χ0n) is 12.5. The minimum absolute atomic E-state index is 0.0375. The predicted octanol–water partition coefficient (Wildman–Crippen LogP) is 1.90. The number of hydrogen-bond donors (Lipinski definition) is 1. The van der Waals surface area contributed by atoms with E-state index in [1.807, 2.05) is 37.3 Å². The lowest BCUT2D eigenvalue weighted by molar-refractivity contribution is -0.152. The SMILES string of the molecule is CC(C)C(C)N1CC(=O)NC(C)(c2ccccc2)C1=O. The molecule has 1 N–H and O–H groups in total. The number of rotatable bonds is 3. The van der Waals surface area contributed by atoms with Crippen molar-refractivity contribution < 1.29 is 9.59 Å². The first-order chi connectivity index (χ1) is 9.36. The highest BCUT2D eigenvalue weighted by Crippen LogP contribution is 2.28. The van der Waals surface area contributed by atoms with Crippen LogP contribution in [0.4, 0.5) is 0 Å². The van der Waals surface area contributed by atoms with E-state index in [1.54, 1.807) is 11.8 Å². The molecule has 0 bridgehead atoms. The molecule has 108 valence electrons. The quantitative estimate of drug-likeness (QED) is 0.915. The van der Waals surface area contributed by atoms with Gasteiger partial charge in [-0.1, -0.05) is 44.2 Å². The van der Waals surface area contributed by atoms with Crippen molar-refractivity contribution >= 4 is 11.8 Å². The predicted molar refractivity (Wildman–Crippen MR) is 77.9 cm³/mol. The molecule has 2 amide bonds. The summed E-state index contributed by atoms with van der Waals surface area (Å²) in [5.74, 6) is 0.165. The molecule has 0 aliphatic carbocycles. The molecule has 1 aliphatic rings. The van der Waals surface area contributed by atoms with Crippen LogP contribution in [0.1, 0.15) is 33.3 Å². The van der Waals surface area contributed by atoms with Gasteiger partial charge >= 0.3 is 0 Å². The van der Waals surface area contributed by atoms with Gasteiger partial charge in [0.25, 0.3) is 5.91 Å². The Kier molecular flexibility index (Phi) is 3.84. The van der Waals surface area contributed by atoms with Crippen LogP contribution in [0.3, 0.4) is 0 Å². The van der Waals surface area contributed by atoms with Crippen LogP contribution < -0.4 is 5.32 Å². The van der Waals surface area contributed by atoms with Crippen molar-refractivity contribution in [1.82, 2.24) is 10.2 Å². The Labute approximate surface area is 120 Å². The van der Waals surface area contributed by atoms with Gasteiger partial charge in [-0.15, -0.1) is 0 Å². The van der Waals surface area contributed by atoms with Gasteiger partial charge in [-0.05, 0) is 25.3 Å². The van der Waals surface area contributed by atoms with Gasteiger partial charge < -0.3 is 10.2 Å². The summed E-state index contributed by atoms with van der Waals surface area (Å²) in [4.78, 5) is 26.6. The lowest BCUT2D eigenvalue weighted by atomic mass is 9.87. The molecule has 2 rings (SSSR count). The van der Waals surface area contributed by atoms with Crippen LogP contribution in [0, 0.1) is 5.92 Å². The Morgan fingerprint density at radius 1 is 1.15 bits per heavy atom. The first-order valence-corrected chi connectivity index (χ1v) is 7.04. The third-order valence-corrected chi connectivity index (χ3v) is 4.20. The topological polar surface area (TPSA) is 49.4 Å². The smallest absolute Gasteiger partial charge is 0.253 e. The van der Waals surface area contributed by atoms with Crippen LogP contribution in [0.2, 0.25) is 0 Å². The standard InChI is InChI=1S/C16H22N2O2/c1-11(2)12(3)18-10-14(19)17-16(4,15(18)20)13-8-6-5-7-9-13/h5-9,11-12H,10H2,1-4H3,(H,17,19). The number of nitrogens with zero attached hydrogens (tertiary/aromatic N) is 1. The second-order valence-electron chi connectivity index (χ2n) is 5.96. The van der Waals surface area contributed by atoms with Crippen LogP contribution in [-0.2, 0) is 15.1 Å². The van der Waals surface area contributed by atoms with Gasteiger partial charge in [-0.25, -0.2) is 0 Å². The number of carbonyl (C=O) groups excluding carboxylic acids is 2. The monoisotopic (exact) mass is 274 g/mol. The normalized spacial score (nSPS) is 24.8. The van der Waals surface area contributed by atoms with E-state index < -0.39 is 5.54 Å². The molecule has 4 heteroatoms. The molecule has 1 heterocycles. The number of carbonyl (C=O) groups is 2. The fourth-order valence-corrected chi connectivity index (χ4v) is 2.54. The molecule has 2 atom stereocenters. The fourth-order valence-electron chi connectivity index (χ4n) is 2.54. The molecule has 1 aliphatic heterocycles. The molecule has 2 unspecified atom stereocenters. The molecule has 1 aromatic carbocycles. The maximum atomic E-state index is 12.9. The average molecular weight is 274 g/mol. The van der Waals surface area contributed by atoms with Crippen LogP contribution >= 0.6 is 0 Å². The van der Waals surface area contributed by atoms with E-state index in [-0.39, 0.29) is 24.4 Å². The van der Waals surface area contributed by atoms with Crippen LogP contribution in [0.25, 0.3) is 0 Å². The van der Waals surface area contributed by atoms with Gasteiger partial charge in [-0.3, -0.25) is 9.59 Å². The summed E-state index contributed by atoms with van der Waals surface area (Å²) in [7, 11) is 0. The maximum absolute atomic E-state index is 12.9. The largest absolute Gasteiger partial charge is 0.337 e. The van der Waals surface area contributed by atoms with Crippen LogP contribution in [0.15, 0.2) is 30.3 Å². The summed E-state index contributed by atoms with van der Waals surface area (Å²) in [5, 5.41) is 2.85. The van der Waals surface area contributed by atoms with Gasteiger partial charge in [0.1, 0.15) is 5.54 Å². The van der Waals surface area contributed by atoms with Crippen molar-refractivity contribution in [2.45, 2.75) is 39.3 Å². The fraction of sp³-hybridized carbons (Fsp3) is 0.500. The van der Waals surface area contributed by atoms with Crippen LogP contribution in [-0.4, -0.2) is 29.3 Å².